The zero-order chi connectivity index (χ0) is 14.9. The normalized spacial score (nSPS) is 11.7. The highest BCUT2D eigenvalue weighted by Crippen LogP contribution is 2.32. The maximum absolute atomic E-state index is 4.19. The van der Waals surface area contributed by atoms with Gasteiger partial charge in [-0.05, 0) is 77.3 Å². The van der Waals surface area contributed by atoms with E-state index in [1.54, 1.807) is 0 Å². The van der Waals surface area contributed by atoms with Crippen molar-refractivity contribution in [3.63, 3.8) is 0 Å². The van der Waals surface area contributed by atoms with E-state index in [4.69, 9.17) is 0 Å². The summed E-state index contributed by atoms with van der Waals surface area (Å²) in [6, 6.07) is 4.16. The molecule has 1 aromatic carbocycles. The van der Waals surface area contributed by atoms with Crippen LogP contribution in [0, 0.1) is 6.92 Å². The van der Waals surface area contributed by atoms with Crippen molar-refractivity contribution in [3.8, 4) is 0 Å². The monoisotopic (exact) mass is 400 g/mol. The van der Waals surface area contributed by atoms with Gasteiger partial charge in [0.15, 0.2) is 0 Å². The van der Waals surface area contributed by atoms with Crippen LogP contribution in [0.1, 0.15) is 32.0 Å². The molecule has 20 heavy (non-hydrogen) atoms. The SMILES string of the molecule is Cc1cc(Br)c(NCc2cn(C(C)(C)C)nn2)c(Br)c1. The number of benzene rings is 1. The van der Waals surface area contributed by atoms with Gasteiger partial charge >= 0.3 is 0 Å². The van der Waals surface area contributed by atoms with Gasteiger partial charge < -0.3 is 5.32 Å². The minimum absolute atomic E-state index is 0.0454. The molecular weight excluding hydrogens is 384 g/mol. The first-order valence-electron chi connectivity index (χ1n) is 6.38. The lowest BCUT2D eigenvalue weighted by Gasteiger charge is -2.17. The lowest BCUT2D eigenvalue weighted by Crippen LogP contribution is -2.22. The van der Waals surface area contributed by atoms with Crippen LogP contribution >= 0.6 is 31.9 Å². The topological polar surface area (TPSA) is 42.7 Å². The molecule has 0 aliphatic rings. The van der Waals surface area contributed by atoms with Crippen LogP contribution in [-0.4, -0.2) is 15.0 Å². The average molecular weight is 402 g/mol. The van der Waals surface area contributed by atoms with E-state index in [9.17, 15) is 0 Å². The Bertz CT molecular complexity index is 591. The molecule has 1 N–H and O–H groups in total. The molecule has 2 aromatic rings. The Hall–Kier alpha value is -0.880. The number of rotatable bonds is 3. The summed E-state index contributed by atoms with van der Waals surface area (Å²) in [7, 11) is 0. The fourth-order valence-electron chi connectivity index (χ4n) is 1.75. The molecule has 0 unspecified atom stereocenters. The van der Waals surface area contributed by atoms with Crippen molar-refractivity contribution < 1.29 is 0 Å². The van der Waals surface area contributed by atoms with Crippen molar-refractivity contribution in [2.45, 2.75) is 39.8 Å². The van der Waals surface area contributed by atoms with Crippen molar-refractivity contribution in [1.82, 2.24) is 15.0 Å². The highest BCUT2D eigenvalue weighted by Gasteiger charge is 2.15. The number of anilines is 1. The molecule has 1 heterocycles. The summed E-state index contributed by atoms with van der Waals surface area (Å²) >= 11 is 7.15. The van der Waals surface area contributed by atoms with Gasteiger partial charge in [-0.3, -0.25) is 0 Å². The van der Waals surface area contributed by atoms with Crippen LogP contribution < -0.4 is 5.32 Å². The van der Waals surface area contributed by atoms with E-state index in [0.29, 0.717) is 6.54 Å². The maximum atomic E-state index is 4.19. The predicted molar refractivity (Wildman–Crippen MR) is 88.9 cm³/mol. The second-order valence-corrected chi connectivity index (χ2v) is 7.49. The molecule has 0 bridgehead atoms. The van der Waals surface area contributed by atoms with Crippen molar-refractivity contribution in [3.05, 3.63) is 38.5 Å². The Morgan fingerprint density at radius 3 is 2.30 bits per heavy atom. The quantitative estimate of drug-likeness (QED) is 0.824. The van der Waals surface area contributed by atoms with Crippen LogP contribution in [0.15, 0.2) is 27.3 Å². The van der Waals surface area contributed by atoms with E-state index in [1.165, 1.54) is 5.56 Å². The fraction of sp³-hybridized carbons (Fsp3) is 0.429. The van der Waals surface area contributed by atoms with Gasteiger partial charge in [0, 0.05) is 8.95 Å². The third kappa shape index (κ3) is 3.61. The van der Waals surface area contributed by atoms with Gasteiger partial charge in [-0.25, -0.2) is 4.68 Å². The van der Waals surface area contributed by atoms with Crippen molar-refractivity contribution >= 4 is 37.5 Å². The summed E-state index contributed by atoms with van der Waals surface area (Å²) in [5, 5.41) is 11.7. The molecule has 0 fully saturated rings. The molecule has 0 aliphatic carbocycles. The highest BCUT2D eigenvalue weighted by atomic mass is 79.9. The second-order valence-electron chi connectivity index (χ2n) is 5.78. The zero-order valence-electron chi connectivity index (χ0n) is 12.0. The predicted octanol–water partition coefficient (Wildman–Crippen LogP) is 4.48. The molecule has 0 saturated heterocycles. The van der Waals surface area contributed by atoms with E-state index in [2.05, 4.69) is 87.3 Å². The van der Waals surface area contributed by atoms with E-state index < -0.39 is 0 Å². The number of aryl methyl sites for hydroxylation is 1. The molecule has 108 valence electrons. The number of halogens is 2. The lowest BCUT2D eigenvalue weighted by molar-refractivity contribution is 0.347. The summed E-state index contributed by atoms with van der Waals surface area (Å²) < 4.78 is 3.95. The fourth-order valence-corrected chi connectivity index (χ4v) is 3.45. The Balaban J connectivity index is 2.12. The van der Waals surface area contributed by atoms with Crippen molar-refractivity contribution in [1.29, 1.82) is 0 Å². The summed E-state index contributed by atoms with van der Waals surface area (Å²) in [5.74, 6) is 0. The van der Waals surface area contributed by atoms with Crippen LogP contribution in [-0.2, 0) is 12.1 Å². The van der Waals surface area contributed by atoms with Gasteiger partial charge in [0.25, 0.3) is 0 Å². The van der Waals surface area contributed by atoms with E-state index >= 15 is 0 Å². The van der Waals surface area contributed by atoms with E-state index in [-0.39, 0.29) is 5.54 Å². The summed E-state index contributed by atoms with van der Waals surface area (Å²) in [6.45, 7) is 9.01. The first kappa shape index (κ1) is 15.5. The molecule has 0 atom stereocenters. The lowest BCUT2D eigenvalue weighted by atomic mass is 10.1. The maximum Gasteiger partial charge on any atom is 0.102 e. The van der Waals surface area contributed by atoms with Gasteiger partial charge in [-0.2, -0.15) is 0 Å². The first-order valence-corrected chi connectivity index (χ1v) is 7.97. The number of nitrogens with zero attached hydrogens (tertiary/aromatic N) is 3. The molecule has 4 nitrogen and oxygen atoms in total. The Morgan fingerprint density at radius 1 is 1.20 bits per heavy atom. The van der Waals surface area contributed by atoms with Crippen molar-refractivity contribution in [2.75, 3.05) is 5.32 Å². The van der Waals surface area contributed by atoms with Crippen molar-refractivity contribution in [2.24, 2.45) is 0 Å². The molecular formula is C14H18Br2N4. The molecule has 0 spiro atoms. The van der Waals surface area contributed by atoms with Crippen LogP contribution in [0.2, 0.25) is 0 Å². The van der Waals surface area contributed by atoms with Gasteiger partial charge in [0.1, 0.15) is 5.69 Å². The summed E-state index contributed by atoms with van der Waals surface area (Å²) in [4.78, 5) is 0. The Kier molecular flexibility index (Phi) is 4.54. The number of hydrogen-bond donors (Lipinski definition) is 1. The number of aromatic nitrogens is 3. The molecule has 2 rings (SSSR count). The molecule has 0 amide bonds. The molecule has 6 heteroatoms. The minimum Gasteiger partial charge on any atom is -0.377 e. The van der Waals surface area contributed by atoms with E-state index in [0.717, 1.165) is 20.3 Å². The molecule has 0 radical (unpaired) electrons. The minimum atomic E-state index is -0.0454. The van der Waals surface area contributed by atoms with Crippen LogP contribution in [0.25, 0.3) is 0 Å². The standard InChI is InChI=1S/C14H18Br2N4/c1-9-5-11(15)13(12(16)6-9)17-7-10-8-20(19-18-10)14(2,3)4/h5-6,8,17H,7H2,1-4H3. The van der Waals surface area contributed by atoms with Gasteiger partial charge in [-0.15, -0.1) is 5.10 Å². The molecule has 0 aliphatic heterocycles. The summed E-state index contributed by atoms with van der Waals surface area (Å²) in [6.07, 6.45) is 1.98. The largest absolute Gasteiger partial charge is 0.377 e. The van der Waals surface area contributed by atoms with Gasteiger partial charge in [-0.1, -0.05) is 5.21 Å². The number of nitrogens with one attached hydrogen (secondary N) is 1. The summed E-state index contributed by atoms with van der Waals surface area (Å²) in [5.41, 5.74) is 3.10. The Labute approximate surface area is 136 Å². The Morgan fingerprint density at radius 2 is 1.80 bits per heavy atom. The third-order valence-electron chi connectivity index (χ3n) is 2.86. The first-order chi connectivity index (χ1) is 9.27. The highest BCUT2D eigenvalue weighted by molar-refractivity contribution is 9.11. The van der Waals surface area contributed by atoms with Crippen LogP contribution in [0.3, 0.4) is 0 Å². The molecule has 1 aromatic heterocycles. The average Bonchev–Trinajstić information content (AvgIpc) is 2.75. The zero-order valence-corrected chi connectivity index (χ0v) is 15.2. The van der Waals surface area contributed by atoms with Crippen LogP contribution in [0.4, 0.5) is 5.69 Å². The van der Waals surface area contributed by atoms with Gasteiger partial charge in [0.2, 0.25) is 0 Å². The third-order valence-corrected chi connectivity index (χ3v) is 4.11. The van der Waals surface area contributed by atoms with Crippen LogP contribution in [0.5, 0.6) is 0 Å². The molecule has 0 saturated carbocycles. The number of hydrogen-bond acceptors (Lipinski definition) is 3. The smallest absolute Gasteiger partial charge is 0.102 e. The van der Waals surface area contributed by atoms with E-state index in [1.807, 2.05) is 10.9 Å². The second kappa shape index (κ2) is 5.85. The van der Waals surface area contributed by atoms with Gasteiger partial charge in [0.05, 0.1) is 24.0 Å².